The van der Waals surface area contributed by atoms with Gasteiger partial charge in [0.25, 0.3) is 5.91 Å². The molecule has 0 saturated carbocycles. The van der Waals surface area contributed by atoms with E-state index in [9.17, 15) is 4.79 Å². The number of benzene rings is 2. The Labute approximate surface area is 180 Å². The molecule has 1 N–H and O–H groups in total. The molecule has 4 aromatic rings. The SMILES string of the molecule is Cc1cccc(OCc2c(C(=O)Nc3cc(C)n(Cc4ccccc4)n3)noc2C)c1. The number of rotatable bonds is 7. The van der Waals surface area contributed by atoms with Gasteiger partial charge in [0.2, 0.25) is 0 Å². The summed E-state index contributed by atoms with van der Waals surface area (Å²) in [4.78, 5) is 12.9. The highest BCUT2D eigenvalue weighted by molar-refractivity contribution is 6.03. The summed E-state index contributed by atoms with van der Waals surface area (Å²) in [5.74, 6) is 1.35. The summed E-state index contributed by atoms with van der Waals surface area (Å²) >= 11 is 0. The number of anilines is 1. The topological polar surface area (TPSA) is 82.2 Å². The summed E-state index contributed by atoms with van der Waals surface area (Å²) < 4.78 is 12.9. The first-order valence-corrected chi connectivity index (χ1v) is 10.0. The van der Waals surface area contributed by atoms with Crippen molar-refractivity contribution in [3.63, 3.8) is 0 Å². The molecule has 7 heteroatoms. The van der Waals surface area contributed by atoms with Crippen molar-refractivity contribution in [3.8, 4) is 5.75 Å². The van der Waals surface area contributed by atoms with Gasteiger partial charge in [-0.25, -0.2) is 0 Å². The Morgan fingerprint density at radius 3 is 2.65 bits per heavy atom. The quantitative estimate of drug-likeness (QED) is 0.473. The standard InChI is InChI=1S/C24H24N4O3/c1-16-8-7-11-20(12-16)30-15-21-18(3)31-27-23(21)24(29)25-22-13-17(2)28(26-22)14-19-9-5-4-6-10-19/h4-13H,14-15H2,1-3H3,(H,25,26,29). The van der Waals surface area contributed by atoms with Crippen molar-refractivity contribution >= 4 is 11.7 Å². The van der Waals surface area contributed by atoms with Crippen LogP contribution in [0.3, 0.4) is 0 Å². The van der Waals surface area contributed by atoms with E-state index in [0.717, 1.165) is 22.6 Å². The fourth-order valence-corrected chi connectivity index (χ4v) is 3.26. The molecule has 0 spiro atoms. The maximum absolute atomic E-state index is 12.9. The predicted octanol–water partition coefficient (Wildman–Crippen LogP) is 4.68. The lowest BCUT2D eigenvalue weighted by Crippen LogP contribution is -2.16. The lowest BCUT2D eigenvalue weighted by atomic mass is 10.2. The van der Waals surface area contributed by atoms with Gasteiger partial charge in [-0.3, -0.25) is 9.48 Å². The first-order chi connectivity index (χ1) is 15.0. The molecule has 4 rings (SSSR count). The van der Waals surface area contributed by atoms with Gasteiger partial charge in [0, 0.05) is 11.8 Å². The molecule has 158 valence electrons. The van der Waals surface area contributed by atoms with E-state index < -0.39 is 0 Å². The molecule has 0 unspecified atom stereocenters. The Hall–Kier alpha value is -3.87. The number of hydrogen-bond acceptors (Lipinski definition) is 5. The lowest BCUT2D eigenvalue weighted by molar-refractivity contribution is 0.101. The van der Waals surface area contributed by atoms with Crippen LogP contribution in [0, 0.1) is 20.8 Å². The number of carbonyl (C=O) groups is 1. The molecule has 0 aliphatic heterocycles. The van der Waals surface area contributed by atoms with E-state index >= 15 is 0 Å². The van der Waals surface area contributed by atoms with Crippen LogP contribution in [0.4, 0.5) is 5.82 Å². The number of nitrogens with zero attached hydrogens (tertiary/aromatic N) is 3. The first-order valence-electron chi connectivity index (χ1n) is 10.0. The van der Waals surface area contributed by atoms with Crippen molar-refractivity contribution in [2.75, 3.05) is 5.32 Å². The minimum atomic E-state index is -0.385. The maximum Gasteiger partial charge on any atom is 0.279 e. The summed E-state index contributed by atoms with van der Waals surface area (Å²) in [6, 6.07) is 19.6. The molecule has 2 heterocycles. The average molecular weight is 416 g/mol. The minimum absolute atomic E-state index is 0.184. The van der Waals surface area contributed by atoms with Gasteiger partial charge in [0.1, 0.15) is 18.1 Å². The number of carbonyl (C=O) groups excluding carboxylic acids is 1. The van der Waals surface area contributed by atoms with Crippen molar-refractivity contribution < 1.29 is 14.1 Å². The summed E-state index contributed by atoms with van der Waals surface area (Å²) in [5.41, 5.74) is 3.98. The van der Waals surface area contributed by atoms with Crippen LogP contribution in [0.1, 0.15) is 38.6 Å². The van der Waals surface area contributed by atoms with Crippen LogP contribution >= 0.6 is 0 Å². The zero-order chi connectivity index (χ0) is 21.8. The molecule has 1 amide bonds. The van der Waals surface area contributed by atoms with Crippen molar-refractivity contribution in [3.05, 3.63) is 94.5 Å². The molecular weight excluding hydrogens is 392 g/mol. The molecule has 31 heavy (non-hydrogen) atoms. The zero-order valence-corrected chi connectivity index (χ0v) is 17.8. The highest BCUT2D eigenvalue weighted by atomic mass is 16.5. The van der Waals surface area contributed by atoms with Crippen molar-refractivity contribution in [1.82, 2.24) is 14.9 Å². The van der Waals surface area contributed by atoms with Crippen LogP contribution in [-0.4, -0.2) is 20.8 Å². The molecule has 0 aliphatic carbocycles. The van der Waals surface area contributed by atoms with E-state index in [1.807, 2.05) is 79.2 Å². The molecule has 0 saturated heterocycles. The number of nitrogens with one attached hydrogen (secondary N) is 1. The van der Waals surface area contributed by atoms with E-state index in [-0.39, 0.29) is 18.2 Å². The smallest absolute Gasteiger partial charge is 0.279 e. The Bertz CT molecular complexity index is 1190. The summed E-state index contributed by atoms with van der Waals surface area (Å²) in [6.07, 6.45) is 0. The highest BCUT2D eigenvalue weighted by Crippen LogP contribution is 2.20. The van der Waals surface area contributed by atoms with Gasteiger partial charge in [-0.15, -0.1) is 0 Å². The zero-order valence-electron chi connectivity index (χ0n) is 17.8. The van der Waals surface area contributed by atoms with Gasteiger partial charge in [-0.2, -0.15) is 5.10 Å². The number of amides is 1. The second-order valence-corrected chi connectivity index (χ2v) is 7.44. The Morgan fingerprint density at radius 2 is 1.87 bits per heavy atom. The van der Waals surface area contributed by atoms with Crippen molar-refractivity contribution in [2.45, 2.75) is 33.9 Å². The van der Waals surface area contributed by atoms with Crippen molar-refractivity contribution in [1.29, 1.82) is 0 Å². The molecular formula is C24H24N4O3. The Morgan fingerprint density at radius 1 is 1.06 bits per heavy atom. The van der Waals surface area contributed by atoms with Crippen LogP contribution in [0.5, 0.6) is 5.75 Å². The van der Waals surface area contributed by atoms with Crippen LogP contribution < -0.4 is 10.1 Å². The molecule has 0 fully saturated rings. The third-order valence-electron chi connectivity index (χ3n) is 4.97. The second-order valence-electron chi connectivity index (χ2n) is 7.44. The van der Waals surface area contributed by atoms with E-state index in [1.54, 1.807) is 6.92 Å². The number of aryl methyl sites for hydroxylation is 3. The minimum Gasteiger partial charge on any atom is -0.489 e. The van der Waals surface area contributed by atoms with E-state index in [4.69, 9.17) is 9.26 Å². The number of ether oxygens (including phenoxy) is 1. The fourth-order valence-electron chi connectivity index (χ4n) is 3.26. The van der Waals surface area contributed by atoms with Gasteiger partial charge in [-0.05, 0) is 44.0 Å². The van der Waals surface area contributed by atoms with E-state index in [0.29, 0.717) is 23.7 Å². The van der Waals surface area contributed by atoms with E-state index in [1.165, 1.54) is 0 Å². The molecule has 7 nitrogen and oxygen atoms in total. The number of aromatic nitrogens is 3. The van der Waals surface area contributed by atoms with Gasteiger partial charge in [-0.1, -0.05) is 47.6 Å². The second kappa shape index (κ2) is 8.87. The fraction of sp³-hybridized carbons (Fsp3) is 0.208. The molecule has 2 aromatic heterocycles. The van der Waals surface area contributed by atoms with Gasteiger partial charge in [0.15, 0.2) is 11.5 Å². The largest absolute Gasteiger partial charge is 0.489 e. The third-order valence-corrected chi connectivity index (χ3v) is 4.97. The Kier molecular flexibility index (Phi) is 5.84. The molecule has 2 aromatic carbocycles. The van der Waals surface area contributed by atoms with Gasteiger partial charge in [0.05, 0.1) is 12.1 Å². The Balaban J connectivity index is 1.46. The monoisotopic (exact) mass is 416 g/mol. The maximum atomic E-state index is 12.9. The van der Waals surface area contributed by atoms with E-state index in [2.05, 4.69) is 15.6 Å². The summed E-state index contributed by atoms with van der Waals surface area (Å²) in [7, 11) is 0. The molecule has 0 bridgehead atoms. The van der Waals surface area contributed by atoms with Crippen molar-refractivity contribution in [2.24, 2.45) is 0 Å². The van der Waals surface area contributed by atoms with Crippen LogP contribution in [0.2, 0.25) is 0 Å². The van der Waals surface area contributed by atoms with Gasteiger partial charge >= 0.3 is 0 Å². The molecule has 0 atom stereocenters. The lowest BCUT2D eigenvalue weighted by Gasteiger charge is -2.07. The molecule has 0 aliphatic rings. The van der Waals surface area contributed by atoms with Crippen LogP contribution in [0.15, 0.2) is 65.2 Å². The average Bonchev–Trinajstić information content (AvgIpc) is 3.29. The molecule has 0 radical (unpaired) electrons. The predicted molar refractivity (Wildman–Crippen MR) is 117 cm³/mol. The van der Waals surface area contributed by atoms with Crippen LogP contribution in [-0.2, 0) is 13.2 Å². The number of hydrogen-bond donors (Lipinski definition) is 1. The normalized spacial score (nSPS) is 10.8. The first kappa shape index (κ1) is 20.4. The third kappa shape index (κ3) is 4.83. The highest BCUT2D eigenvalue weighted by Gasteiger charge is 2.21. The van der Waals surface area contributed by atoms with Crippen LogP contribution in [0.25, 0.3) is 0 Å². The summed E-state index contributed by atoms with van der Waals surface area (Å²) in [5, 5.41) is 11.3. The summed E-state index contributed by atoms with van der Waals surface area (Å²) in [6.45, 7) is 6.52. The van der Waals surface area contributed by atoms with Gasteiger partial charge < -0.3 is 14.6 Å².